The maximum Gasteiger partial charge on any atom is 0.169 e. The Kier molecular flexibility index (Phi) is 3.53. The van der Waals surface area contributed by atoms with Gasteiger partial charge in [0.1, 0.15) is 11.6 Å². The molecule has 0 amide bonds. The van der Waals surface area contributed by atoms with Crippen molar-refractivity contribution < 1.29 is 0 Å². The number of nitrogens with zero attached hydrogens (tertiary/aromatic N) is 5. The molecule has 0 saturated heterocycles. The summed E-state index contributed by atoms with van der Waals surface area (Å²) in [5.74, 6) is 0.605. The van der Waals surface area contributed by atoms with E-state index in [1.807, 2.05) is 31.2 Å². The first-order valence-corrected chi connectivity index (χ1v) is 6.40. The third-order valence-corrected chi connectivity index (χ3v) is 3.43. The van der Waals surface area contributed by atoms with Gasteiger partial charge in [-0.1, -0.05) is 0 Å². The van der Waals surface area contributed by atoms with Crippen LogP contribution in [0.25, 0.3) is 0 Å². The van der Waals surface area contributed by atoms with Crippen LogP contribution < -0.4 is 4.90 Å². The van der Waals surface area contributed by atoms with Gasteiger partial charge in [0.25, 0.3) is 0 Å². The molecule has 2 rings (SSSR count). The first-order valence-electron chi connectivity index (χ1n) is 5.45. The van der Waals surface area contributed by atoms with Gasteiger partial charge in [0, 0.05) is 12.4 Å². The van der Waals surface area contributed by atoms with Gasteiger partial charge in [0.15, 0.2) is 5.82 Å². The van der Waals surface area contributed by atoms with Gasteiger partial charge in [0.2, 0.25) is 0 Å². The highest BCUT2D eigenvalue weighted by Crippen LogP contribution is 2.21. The molecule has 0 aliphatic carbocycles. The van der Waals surface area contributed by atoms with Gasteiger partial charge in [-0.2, -0.15) is 10.4 Å². The fourth-order valence-corrected chi connectivity index (χ4v) is 2.18. The summed E-state index contributed by atoms with van der Waals surface area (Å²) in [5.41, 5.74) is 5.01. The second-order valence-corrected chi connectivity index (χ2v) is 4.78. The van der Waals surface area contributed by atoms with E-state index in [1.165, 1.54) is 0 Å². The van der Waals surface area contributed by atoms with Crippen LogP contribution in [0.5, 0.6) is 0 Å². The molecule has 0 fully saturated rings. The fourth-order valence-electron chi connectivity index (χ4n) is 1.63. The number of aromatic nitrogens is 3. The van der Waals surface area contributed by atoms with Gasteiger partial charge in [-0.25, -0.2) is 4.98 Å². The Balaban J connectivity index is 2.34. The molecule has 0 unspecified atom stereocenters. The van der Waals surface area contributed by atoms with E-state index in [0.717, 1.165) is 17.0 Å². The zero-order valence-electron chi connectivity index (χ0n) is 10.5. The lowest BCUT2D eigenvalue weighted by molar-refractivity contribution is 0.833. The van der Waals surface area contributed by atoms with E-state index in [1.54, 1.807) is 16.8 Å². The number of anilines is 1. The maximum atomic E-state index is 9.24. The predicted molar refractivity (Wildman–Crippen MR) is 70.4 cm³/mol. The smallest absolute Gasteiger partial charge is 0.169 e. The van der Waals surface area contributed by atoms with E-state index in [0.29, 0.717) is 17.9 Å². The topological polar surface area (TPSA) is 65.7 Å². The van der Waals surface area contributed by atoms with Crippen molar-refractivity contribution in [2.45, 2.75) is 20.4 Å². The number of nitriles is 1. The molecule has 0 radical (unpaired) electrons. The Morgan fingerprint density at radius 3 is 2.78 bits per heavy atom. The van der Waals surface area contributed by atoms with E-state index in [-0.39, 0.29) is 0 Å². The Morgan fingerprint density at radius 1 is 1.39 bits per heavy atom. The molecule has 0 aliphatic heterocycles. The van der Waals surface area contributed by atoms with Crippen LogP contribution in [0.2, 0.25) is 0 Å². The lowest BCUT2D eigenvalue weighted by Crippen LogP contribution is -2.20. The SMILES string of the molecule is Cc1nnc(N(C)Cc2cscn2)c(C#N)c1C. The molecule has 2 heterocycles. The minimum atomic E-state index is 0.584. The maximum absolute atomic E-state index is 9.24. The normalized spacial score (nSPS) is 10.1. The van der Waals surface area contributed by atoms with Crippen molar-refractivity contribution in [3.63, 3.8) is 0 Å². The third-order valence-electron chi connectivity index (χ3n) is 2.79. The van der Waals surface area contributed by atoms with Crippen LogP contribution in [0.15, 0.2) is 10.9 Å². The molecular weight excluding hydrogens is 246 g/mol. The Bertz CT molecular complexity index is 585. The van der Waals surface area contributed by atoms with Crippen molar-refractivity contribution in [2.24, 2.45) is 0 Å². The van der Waals surface area contributed by atoms with E-state index in [2.05, 4.69) is 21.3 Å². The monoisotopic (exact) mass is 259 g/mol. The van der Waals surface area contributed by atoms with Crippen LogP contribution in [0.3, 0.4) is 0 Å². The second-order valence-electron chi connectivity index (χ2n) is 4.06. The number of thiazole rings is 1. The van der Waals surface area contributed by atoms with Gasteiger partial charge < -0.3 is 4.90 Å². The molecular formula is C12H13N5S. The van der Waals surface area contributed by atoms with Gasteiger partial charge in [0.05, 0.1) is 23.4 Å². The van der Waals surface area contributed by atoms with E-state index in [4.69, 9.17) is 0 Å². The Labute approximate surface area is 110 Å². The molecule has 92 valence electrons. The quantitative estimate of drug-likeness (QED) is 0.844. The van der Waals surface area contributed by atoms with Crippen molar-refractivity contribution >= 4 is 17.2 Å². The van der Waals surface area contributed by atoms with E-state index >= 15 is 0 Å². The van der Waals surface area contributed by atoms with Crippen molar-refractivity contribution in [1.82, 2.24) is 15.2 Å². The second kappa shape index (κ2) is 5.10. The minimum absolute atomic E-state index is 0.584. The van der Waals surface area contributed by atoms with Crippen molar-refractivity contribution in [3.8, 4) is 6.07 Å². The van der Waals surface area contributed by atoms with Crippen molar-refractivity contribution in [2.75, 3.05) is 11.9 Å². The minimum Gasteiger partial charge on any atom is -0.351 e. The summed E-state index contributed by atoms with van der Waals surface area (Å²) in [6.07, 6.45) is 0. The summed E-state index contributed by atoms with van der Waals surface area (Å²) in [5, 5.41) is 19.4. The highest BCUT2D eigenvalue weighted by Gasteiger charge is 2.15. The van der Waals surface area contributed by atoms with Crippen LogP contribution >= 0.6 is 11.3 Å². The highest BCUT2D eigenvalue weighted by molar-refractivity contribution is 7.07. The molecule has 0 spiro atoms. The number of aryl methyl sites for hydroxylation is 1. The zero-order chi connectivity index (χ0) is 13.1. The van der Waals surface area contributed by atoms with Crippen LogP contribution in [0.4, 0.5) is 5.82 Å². The highest BCUT2D eigenvalue weighted by atomic mass is 32.1. The van der Waals surface area contributed by atoms with E-state index in [9.17, 15) is 5.26 Å². The molecule has 2 aromatic heterocycles. The van der Waals surface area contributed by atoms with Gasteiger partial charge in [-0.15, -0.1) is 16.4 Å². The molecule has 0 aliphatic rings. The van der Waals surface area contributed by atoms with Crippen LogP contribution in [-0.4, -0.2) is 22.2 Å². The molecule has 0 aromatic carbocycles. The summed E-state index contributed by atoms with van der Waals surface area (Å²) in [4.78, 5) is 6.12. The van der Waals surface area contributed by atoms with Crippen molar-refractivity contribution in [1.29, 1.82) is 5.26 Å². The number of rotatable bonds is 3. The largest absolute Gasteiger partial charge is 0.351 e. The van der Waals surface area contributed by atoms with Crippen molar-refractivity contribution in [3.05, 3.63) is 33.4 Å². The molecule has 5 nitrogen and oxygen atoms in total. The lowest BCUT2D eigenvalue weighted by Gasteiger charge is -2.18. The average Bonchev–Trinajstić information content (AvgIpc) is 2.85. The predicted octanol–water partition coefficient (Wildman–Crippen LogP) is 2.06. The molecule has 0 bridgehead atoms. The lowest BCUT2D eigenvalue weighted by atomic mass is 10.1. The summed E-state index contributed by atoms with van der Waals surface area (Å²) in [6.45, 7) is 4.37. The fraction of sp³-hybridized carbons (Fsp3) is 0.333. The Hall–Kier alpha value is -2.00. The molecule has 0 atom stereocenters. The van der Waals surface area contributed by atoms with Crippen LogP contribution in [0.1, 0.15) is 22.5 Å². The molecule has 2 aromatic rings. The number of hydrogen-bond acceptors (Lipinski definition) is 6. The van der Waals surface area contributed by atoms with Gasteiger partial charge in [-0.05, 0) is 19.4 Å². The standard InChI is InChI=1S/C12H13N5S/c1-8-9(2)15-16-12(11(8)4-13)17(3)5-10-6-18-7-14-10/h6-7H,5H2,1-3H3. The summed E-state index contributed by atoms with van der Waals surface area (Å²) in [6, 6.07) is 2.20. The number of hydrogen-bond donors (Lipinski definition) is 0. The zero-order valence-corrected chi connectivity index (χ0v) is 11.3. The first-order chi connectivity index (χ1) is 8.63. The molecule has 0 N–H and O–H groups in total. The summed E-state index contributed by atoms with van der Waals surface area (Å²) in [7, 11) is 1.89. The first kappa shape index (κ1) is 12.5. The summed E-state index contributed by atoms with van der Waals surface area (Å²) < 4.78 is 0. The average molecular weight is 259 g/mol. The van der Waals surface area contributed by atoms with Crippen LogP contribution in [0, 0.1) is 25.2 Å². The van der Waals surface area contributed by atoms with Crippen LogP contribution in [-0.2, 0) is 6.54 Å². The van der Waals surface area contributed by atoms with Gasteiger partial charge >= 0.3 is 0 Å². The molecule has 6 heteroatoms. The summed E-state index contributed by atoms with van der Waals surface area (Å²) >= 11 is 1.55. The van der Waals surface area contributed by atoms with E-state index < -0.39 is 0 Å². The molecule has 0 saturated carbocycles. The van der Waals surface area contributed by atoms with Gasteiger partial charge in [-0.3, -0.25) is 0 Å². The Morgan fingerprint density at radius 2 is 2.17 bits per heavy atom. The molecule has 18 heavy (non-hydrogen) atoms. The third kappa shape index (κ3) is 2.31.